The zero-order valence-electron chi connectivity index (χ0n) is 13.9. The normalized spacial score (nSPS) is 13.6. The lowest BCUT2D eigenvalue weighted by Gasteiger charge is -2.17. The van der Waals surface area contributed by atoms with E-state index >= 15 is 0 Å². The van der Waals surface area contributed by atoms with Crippen LogP contribution in [0.15, 0.2) is 51.1 Å². The summed E-state index contributed by atoms with van der Waals surface area (Å²) in [5.41, 5.74) is 0. The SMILES string of the molecule is O=S(=O)(O)c1ccc2cc(S(=O)(=O)O)c3c(O)cc(S(=O)(=O)O)c4ccc1c2c43. The fourth-order valence-electron chi connectivity index (χ4n) is 3.54. The Labute approximate surface area is 163 Å². The highest BCUT2D eigenvalue weighted by Gasteiger charge is 2.28. The lowest BCUT2D eigenvalue weighted by molar-refractivity contribution is 0.469. The summed E-state index contributed by atoms with van der Waals surface area (Å²) in [5.74, 6) is -0.885. The Kier molecular flexibility index (Phi) is 3.91. The minimum atomic E-state index is -4.90. The predicted molar refractivity (Wildman–Crippen MR) is 101 cm³/mol. The molecule has 0 aliphatic carbocycles. The molecule has 0 atom stereocenters. The zero-order chi connectivity index (χ0) is 21.5. The summed E-state index contributed by atoms with van der Waals surface area (Å²) in [6, 6.07) is 6.02. The van der Waals surface area contributed by atoms with Gasteiger partial charge in [-0.2, -0.15) is 25.3 Å². The van der Waals surface area contributed by atoms with Crippen LogP contribution in [0.3, 0.4) is 0 Å². The van der Waals surface area contributed by atoms with Gasteiger partial charge in [-0.3, -0.25) is 13.7 Å². The number of hydrogen-bond donors (Lipinski definition) is 4. The van der Waals surface area contributed by atoms with E-state index in [0.29, 0.717) is 6.07 Å². The predicted octanol–water partition coefficient (Wildman–Crippen LogP) is 2.03. The molecule has 152 valence electrons. The molecule has 4 aromatic rings. The minimum Gasteiger partial charge on any atom is -0.507 e. The van der Waals surface area contributed by atoms with E-state index in [1.807, 2.05) is 0 Å². The first-order valence-electron chi connectivity index (χ1n) is 7.61. The summed E-state index contributed by atoms with van der Waals surface area (Å²) in [7, 11) is -14.5. The number of phenolic OH excluding ortho intramolecular Hbond substituents is 1. The third kappa shape index (κ3) is 2.90. The van der Waals surface area contributed by atoms with E-state index in [0.717, 1.165) is 24.3 Å². The van der Waals surface area contributed by atoms with Crippen LogP contribution in [0.5, 0.6) is 5.75 Å². The maximum absolute atomic E-state index is 11.9. The van der Waals surface area contributed by atoms with Crippen LogP contribution in [0.2, 0.25) is 0 Å². The number of rotatable bonds is 3. The molecule has 4 aromatic carbocycles. The maximum Gasteiger partial charge on any atom is 0.295 e. The molecule has 0 aromatic heterocycles. The fourth-order valence-corrected chi connectivity index (χ4v) is 5.68. The van der Waals surface area contributed by atoms with Gasteiger partial charge < -0.3 is 5.11 Å². The van der Waals surface area contributed by atoms with Gasteiger partial charge in [-0.05, 0) is 22.9 Å². The highest BCUT2D eigenvalue weighted by atomic mass is 32.2. The molecule has 0 radical (unpaired) electrons. The van der Waals surface area contributed by atoms with E-state index < -0.39 is 56.2 Å². The van der Waals surface area contributed by atoms with Gasteiger partial charge >= 0.3 is 0 Å². The van der Waals surface area contributed by atoms with Crippen molar-refractivity contribution in [2.45, 2.75) is 14.7 Å². The Hall–Kier alpha value is -2.55. The first kappa shape index (κ1) is 19.8. The second kappa shape index (κ2) is 5.75. The minimum absolute atomic E-state index is 0.000764. The van der Waals surface area contributed by atoms with Crippen molar-refractivity contribution in [3.8, 4) is 5.75 Å². The van der Waals surface area contributed by atoms with Crippen LogP contribution < -0.4 is 0 Å². The third-order valence-corrected chi connectivity index (χ3v) is 7.26. The van der Waals surface area contributed by atoms with Gasteiger partial charge in [0.25, 0.3) is 30.4 Å². The van der Waals surface area contributed by atoms with Gasteiger partial charge in [-0.25, -0.2) is 0 Å². The van der Waals surface area contributed by atoms with E-state index in [9.17, 15) is 44.0 Å². The number of hydrogen-bond acceptors (Lipinski definition) is 7. The van der Waals surface area contributed by atoms with Crippen molar-refractivity contribution >= 4 is 62.7 Å². The van der Waals surface area contributed by atoms with E-state index in [4.69, 9.17) is 0 Å². The Morgan fingerprint density at radius 3 is 1.59 bits per heavy atom. The third-order valence-electron chi connectivity index (χ3n) is 4.58. The summed E-state index contributed by atoms with van der Waals surface area (Å²) in [6.45, 7) is 0. The number of aromatic hydroxyl groups is 1. The second-order valence-electron chi connectivity index (χ2n) is 6.27. The van der Waals surface area contributed by atoms with Gasteiger partial charge in [0.15, 0.2) is 0 Å². The smallest absolute Gasteiger partial charge is 0.295 e. The topological polar surface area (TPSA) is 183 Å². The van der Waals surface area contributed by atoms with Crippen molar-refractivity contribution in [3.63, 3.8) is 0 Å². The lowest BCUT2D eigenvalue weighted by atomic mass is 9.93. The van der Waals surface area contributed by atoms with Crippen molar-refractivity contribution in [3.05, 3.63) is 36.4 Å². The molecule has 29 heavy (non-hydrogen) atoms. The number of phenols is 1. The van der Waals surface area contributed by atoms with Crippen molar-refractivity contribution in [1.29, 1.82) is 0 Å². The number of benzene rings is 4. The summed E-state index contributed by atoms with van der Waals surface area (Å²) in [5, 5.41) is 9.40. The van der Waals surface area contributed by atoms with Gasteiger partial charge in [0, 0.05) is 27.6 Å². The highest BCUT2D eigenvalue weighted by molar-refractivity contribution is 7.86. The average molecular weight is 458 g/mol. The fraction of sp³-hybridized carbons (Fsp3) is 0. The van der Waals surface area contributed by atoms with Crippen LogP contribution in [-0.2, 0) is 30.4 Å². The first-order chi connectivity index (χ1) is 13.2. The lowest BCUT2D eigenvalue weighted by Crippen LogP contribution is -2.05. The Morgan fingerprint density at radius 1 is 0.552 bits per heavy atom. The Morgan fingerprint density at radius 2 is 1.07 bits per heavy atom. The first-order valence-corrected chi connectivity index (χ1v) is 11.9. The monoisotopic (exact) mass is 458 g/mol. The van der Waals surface area contributed by atoms with E-state index in [2.05, 4.69) is 0 Å². The molecule has 13 heteroatoms. The quantitative estimate of drug-likeness (QED) is 0.262. The molecular formula is C16H10O10S3. The molecule has 0 saturated carbocycles. The molecule has 10 nitrogen and oxygen atoms in total. The standard InChI is InChI=1S/C16H10O10S3/c17-10-6-12(28(21,22)23)9-3-2-8-11(27(18,19)20)4-1-7-5-13(29(24,25)26)16(10)15(9)14(7)8/h1-6,17H,(H,18,19,20)(H,21,22,23)(H,24,25,26). The molecule has 0 aliphatic heterocycles. The summed E-state index contributed by atoms with van der Waals surface area (Å²) < 4.78 is 99.4. The van der Waals surface area contributed by atoms with Crippen LogP contribution >= 0.6 is 0 Å². The molecule has 0 amide bonds. The maximum atomic E-state index is 11.9. The van der Waals surface area contributed by atoms with E-state index in [1.54, 1.807) is 0 Å². The molecule has 4 N–H and O–H groups in total. The Balaban J connectivity index is 2.47. The molecule has 0 bridgehead atoms. The molecular weight excluding hydrogens is 448 g/mol. The van der Waals surface area contributed by atoms with Crippen molar-refractivity contribution < 1.29 is 44.0 Å². The summed E-state index contributed by atoms with van der Waals surface area (Å²) >= 11 is 0. The van der Waals surface area contributed by atoms with Crippen molar-refractivity contribution in [1.82, 2.24) is 0 Å². The average Bonchev–Trinajstić information content (AvgIpc) is 2.57. The molecule has 4 rings (SSSR count). The van der Waals surface area contributed by atoms with Gasteiger partial charge in [0.2, 0.25) is 0 Å². The highest BCUT2D eigenvalue weighted by Crippen LogP contribution is 2.45. The van der Waals surface area contributed by atoms with Gasteiger partial charge in [-0.1, -0.05) is 18.2 Å². The van der Waals surface area contributed by atoms with Crippen molar-refractivity contribution in [2.75, 3.05) is 0 Å². The van der Waals surface area contributed by atoms with Crippen LogP contribution in [0.25, 0.3) is 32.3 Å². The largest absolute Gasteiger partial charge is 0.507 e. The second-order valence-corrected chi connectivity index (χ2v) is 10.4. The molecule has 0 saturated heterocycles. The van der Waals surface area contributed by atoms with Crippen LogP contribution in [0.4, 0.5) is 0 Å². The molecule has 0 fully saturated rings. The van der Waals surface area contributed by atoms with Gasteiger partial charge in [-0.15, -0.1) is 0 Å². The molecule has 0 heterocycles. The van der Waals surface area contributed by atoms with E-state index in [-0.39, 0.29) is 26.9 Å². The zero-order valence-corrected chi connectivity index (χ0v) is 16.4. The van der Waals surface area contributed by atoms with E-state index in [1.165, 1.54) is 6.07 Å². The van der Waals surface area contributed by atoms with Gasteiger partial charge in [0.1, 0.15) is 20.4 Å². The van der Waals surface area contributed by atoms with Crippen LogP contribution in [0, 0.1) is 0 Å². The summed E-state index contributed by atoms with van der Waals surface area (Å²) in [4.78, 5) is -2.04. The summed E-state index contributed by atoms with van der Waals surface area (Å²) in [6.07, 6.45) is 0. The van der Waals surface area contributed by atoms with Crippen LogP contribution in [0.1, 0.15) is 0 Å². The Bertz CT molecular complexity index is 1670. The molecule has 0 spiro atoms. The molecule has 0 aliphatic rings. The van der Waals surface area contributed by atoms with Crippen molar-refractivity contribution in [2.24, 2.45) is 0 Å². The van der Waals surface area contributed by atoms with Crippen LogP contribution in [-0.4, -0.2) is 44.0 Å². The van der Waals surface area contributed by atoms with Gasteiger partial charge in [0.05, 0.1) is 0 Å². The molecule has 0 unspecified atom stereocenters.